The lowest BCUT2D eigenvalue weighted by Gasteiger charge is -2.19. The Kier molecular flexibility index (Phi) is 3.63. The van der Waals surface area contributed by atoms with Crippen LogP contribution in [0.3, 0.4) is 0 Å². The molecule has 0 aliphatic heterocycles. The molecule has 1 aromatic carbocycles. The summed E-state index contributed by atoms with van der Waals surface area (Å²) in [4.78, 5) is 12.0. The number of carboxylic acids is 1. The van der Waals surface area contributed by atoms with E-state index in [0.29, 0.717) is 12.0 Å². The average Bonchev–Trinajstić information content (AvgIpc) is 3.12. The van der Waals surface area contributed by atoms with Crippen LogP contribution in [0.5, 0.6) is 0 Å². The fraction of sp³-hybridized carbons (Fsp3) is 0.267. The summed E-state index contributed by atoms with van der Waals surface area (Å²) in [5, 5.41) is 13.9. The SMILES string of the molecule is O=C(O)c1cc(NC(c2cccs2)C2CC2)c(F)cc1F. The van der Waals surface area contributed by atoms with Crippen LogP contribution in [0.25, 0.3) is 0 Å². The molecule has 1 aliphatic rings. The summed E-state index contributed by atoms with van der Waals surface area (Å²) >= 11 is 1.56. The van der Waals surface area contributed by atoms with Crippen LogP contribution >= 0.6 is 11.3 Å². The number of halogens is 2. The van der Waals surface area contributed by atoms with Gasteiger partial charge in [-0.1, -0.05) is 6.07 Å². The van der Waals surface area contributed by atoms with E-state index in [0.717, 1.165) is 23.8 Å². The first-order valence-corrected chi connectivity index (χ1v) is 7.46. The van der Waals surface area contributed by atoms with E-state index in [-0.39, 0.29) is 11.7 Å². The second-order valence-corrected chi connectivity index (χ2v) is 6.07. The molecule has 1 aromatic heterocycles. The highest BCUT2D eigenvalue weighted by atomic mass is 32.1. The van der Waals surface area contributed by atoms with Gasteiger partial charge in [0.2, 0.25) is 0 Å². The first kappa shape index (κ1) is 14.0. The van der Waals surface area contributed by atoms with Gasteiger partial charge in [-0.3, -0.25) is 0 Å². The molecule has 0 bridgehead atoms. The minimum absolute atomic E-state index is 0.0269. The van der Waals surface area contributed by atoms with Crippen molar-refractivity contribution in [3.63, 3.8) is 0 Å². The molecule has 0 spiro atoms. The van der Waals surface area contributed by atoms with E-state index < -0.39 is 23.2 Å². The summed E-state index contributed by atoms with van der Waals surface area (Å²) in [5.41, 5.74) is -0.501. The quantitative estimate of drug-likeness (QED) is 0.866. The zero-order valence-electron chi connectivity index (χ0n) is 11.0. The third-order valence-electron chi connectivity index (χ3n) is 3.54. The highest BCUT2D eigenvalue weighted by Gasteiger charge is 2.33. The lowest BCUT2D eigenvalue weighted by Crippen LogP contribution is -2.14. The second kappa shape index (κ2) is 5.44. The molecule has 3 rings (SSSR count). The fourth-order valence-corrected chi connectivity index (χ4v) is 3.18. The van der Waals surface area contributed by atoms with Gasteiger partial charge in [0.15, 0.2) is 0 Å². The van der Waals surface area contributed by atoms with E-state index in [4.69, 9.17) is 5.11 Å². The Bertz CT molecular complexity index is 669. The largest absolute Gasteiger partial charge is 0.478 e. The summed E-state index contributed by atoms with van der Waals surface area (Å²) in [6, 6.07) is 5.45. The van der Waals surface area contributed by atoms with Crippen LogP contribution in [0, 0.1) is 17.6 Å². The summed E-state index contributed by atoms with van der Waals surface area (Å²) < 4.78 is 27.3. The molecule has 0 amide bonds. The molecule has 1 atom stereocenters. The zero-order valence-corrected chi connectivity index (χ0v) is 11.8. The van der Waals surface area contributed by atoms with Crippen molar-refractivity contribution in [1.29, 1.82) is 0 Å². The summed E-state index contributed by atoms with van der Waals surface area (Å²) in [5.74, 6) is -2.85. The molecular weight excluding hydrogens is 296 g/mol. The van der Waals surface area contributed by atoms with E-state index in [2.05, 4.69) is 5.32 Å². The Labute approximate surface area is 124 Å². The van der Waals surface area contributed by atoms with Crippen molar-refractivity contribution in [3.05, 3.63) is 51.7 Å². The Morgan fingerprint density at radius 1 is 1.33 bits per heavy atom. The first-order valence-electron chi connectivity index (χ1n) is 6.58. The monoisotopic (exact) mass is 309 g/mol. The van der Waals surface area contributed by atoms with Gasteiger partial charge in [0, 0.05) is 10.9 Å². The standard InChI is InChI=1S/C15H13F2NO2S/c16-10-7-11(17)12(6-9(10)15(19)20)18-14(8-3-4-8)13-2-1-5-21-13/h1-2,5-8,14,18H,3-4H2,(H,19,20). The molecule has 1 saturated carbocycles. The van der Waals surface area contributed by atoms with Crippen LogP contribution in [0.2, 0.25) is 0 Å². The molecule has 3 nitrogen and oxygen atoms in total. The third-order valence-corrected chi connectivity index (χ3v) is 4.50. The van der Waals surface area contributed by atoms with Crippen molar-refractivity contribution in [2.45, 2.75) is 18.9 Å². The van der Waals surface area contributed by atoms with E-state index in [1.54, 1.807) is 11.3 Å². The van der Waals surface area contributed by atoms with Gasteiger partial charge < -0.3 is 10.4 Å². The Balaban J connectivity index is 1.92. The van der Waals surface area contributed by atoms with Gasteiger partial charge in [-0.15, -0.1) is 11.3 Å². The van der Waals surface area contributed by atoms with Crippen LogP contribution < -0.4 is 5.32 Å². The van der Waals surface area contributed by atoms with Gasteiger partial charge >= 0.3 is 5.97 Å². The van der Waals surface area contributed by atoms with Crippen molar-refractivity contribution in [2.24, 2.45) is 5.92 Å². The summed E-state index contributed by atoms with van der Waals surface area (Å²) in [7, 11) is 0. The van der Waals surface area contributed by atoms with Gasteiger partial charge in [0.1, 0.15) is 11.6 Å². The zero-order chi connectivity index (χ0) is 15.0. The lowest BCUT2D eigenvalue weighted by molar-refractivity contribution is 0.0692. The molecular formula is C15H13F2NO2S. The molecule has 0 radical (unpaired) electrons. The number of hydrogen-bond donors (Lipinski definition) is 2. The van der Waals surface area contributed by atoms with Crippen LogP contribution in [-0.2, 0) is 0 Å². The Morgan fingerprint density at radius 3 is 2.67 bits per heavy atom. The number of nitrogens with one attached hydrogen (secondary N) is 1. The highest BCUT2D eigenvalue weighted by Crippen LogP contribution is 2.44. The van der Waals surface area contributed by atoms with Gasteiger partial charge in [0.05, 0.1) is 17.3 Å². The number of aromatic carboxylic acids is 1. The summed E-state index contributed by atoms with van der Waals surface area (Å²) in [6.07, 6.45) is 2.09. The van der Waals surface area contributed by atoms with Crippen LogP contribution in [0.4, 0.5) is 14.5 Å². The average molecular weight is 309 g/mol. The van der Waals surface area contributed by atoms with Crippen molar-refractivity contribution in [1.82, 2.24) is 0 Å². The van der Waals surface area contributed by atoms with E-state index in [9.17, 15) is 13.6 Å². The number of thiophene rings is 1. The first-order chi connectivity index (χ1) is 10.1. The molecule has 110 valence electrons. The van der Waals surface area contributed by atoms with Crippen molar-refractivity contribution < 1.29 is 18.7 Å². The molecule has 1 fully saturated rings. The van der Waals surface area contributed by atoms with Gasteiger partial charge in [-0.05, 0) is 36.3 Å². The molecule has 6 heteroatoms. The maximum atomic E-state index is 13.9. The van der Waals surface area contributed by atoms with Crippen molar-refractivity contribution in [2.75, 3.05) is 5.32 Å². The van der Waals surface area contributed by atoms with Crippen LogP contribution in [-0.4, -0.2) is 11.1 Å². The molecule has 21 heavy (non-hydrogen) atoms. The second-order valence-electron chi connectivity index (χ2n) is 5.09. The number of rotatable bonds is 5. The molecule has 2 N–H and O–H groups in total. The normalized spacial score (nSPS) is 15.7. The summed E-state index contributed by atoms with van der Waals surface area (Å²) in [6.45, 7) is 0. The Morgan fingerprint density at radius 2 is 2.10 bits per heavy atom. The molecule has 1 unspecified atom stereocenters. The third kappa shape index (κ3) is 2.90. The molecule has 1 aliphatic carbocycles. The van der Waals surface area contributed by atoms with E-state index in [1.165, 1.54) is 0 Å². The maximum absolute atomic E-state index is 13.9. The highest BCUT2D eigenvalue weighted by molar-refractivity contribution is 7.10. The fourth-order valence-electron chi connectivity index (χ4n) is 2.31. The van der Waals surface area contributed by atoms with Gasteiger partial charge in [-0.2, -0.15) is 0 Å². The smallest absolute Gasteiger partial charge is 0.338 e. The number of carboxylic acid groups (broad SMARTS) is 1. The predicted octanol–water partition coefficient (Wildman–Crippen LogP) is 4.29. The van der Waals surface area contributed by atoms with Crippen molar-refractivity contribution in [3.8, 4) is 0 Å². The van der Waals surface area contributed by atoms with Crippen molar-refractivity contribution >= 4 is 23.0 Å². The van der Waals surface area contributed by atoms with Crippen LogP contribution in [0.15, 0.2) is 29.6 Å². The maximum Gasteiger partial charge on any atom is 0.338 e. The number of anilines is 1. The van der Waals surface area contributed by atoms with E-state index >= 15 is 0 Å². The molecule has 1 heterocycles. The number of benzene rings is 1. The molecule has 0 saturated heterocycles. The van der Waals surface area contributed by atoms with E-state index in [1.807, 2.05) is 17.5 Å². The Hall–Kier alpha value is -1.95. The minimum Gasteiger partial charge on any atom is -0.478 e. The molecule has 2 aromatic rings. The van der Waals surface area contributed by atoms with Gasteiger partial charge in [-0.25, -0.2) is 13.6 Å². The van der Waals surface area contributed by atoms with Gasteiger partial charge in [0.25, 0.3) is 0 Å². The topological polar surface area (TPSA) is 49.3 Å². The van der Waals surface area contributed by atoms with Crippen LogP contribution in [0.1, 0.15) is 34.1 Å². The number of carbonyl (C=O) groups is 1. The predicted molar refractivity (Wildman–Crippen MR) is 76.7 cm³/mol. The minimum atomic E-state index is -1.41. The number of hydrogen-bond acceptors (Lipinski definition) is 3. The lowest BCUT2D eigenvalue weighted by atomic mass is 10.1.